The lowest BCUT2D eigenvalue weighted by Crippen LogP contribution is -2.77. The summed E-state index contributed by atoms with van der Waals surface area (Å²) in [5.74, 6) is -1.99. The second kappa shape index (κ2) is 8.77. The van der Waals surface area contributed by atoms with Crippen molar-refractivity contribution in [3.8, 4) is 0 Å². The molecule has 1 amide bonds. The van der Waals surface area contributed by atoms with E-state index in [0.717, 1.165) is 16.8 Å². The number of carboxylic acids is 1. The van der Waals surface area contributed by atoms with Crippen LogP contribution in [0.1, 0.15) is 29.2 Å². The number of halogens is 1. The van der Waals surface area contributed by atoms with E-state index < -0.39 is 24.2 Å². The Morgan fingerprint density at radius 1 is 0.938 bits per heavy atom. The Morgan fingerprint density at radius 2 is 1.50 bits per heavy atom. The van der Waals surface area contributed by atoms with Gasteiger partial charge >= 0.3 is 5.91 Å². The summed E-state index contributed by atoms with van der Waals surface area (Å²) < 4.78 is 13.6. The molecule has 0 spiro atoms. The van der Waals surface area contributed by atoms with E-state index in [1.165, 1.54) is 12.1 Å². The number of anilines is 1. The average Bonchev–Trinajstić information content (AvgIpc) is 3.02. The van der Waals surface area contributed by atoms with Crippen molar-refractivity contribution < 1.29 is 24.4 Å². The van der Waals surface area contributed by atoms with E-state index in [1.54, 1.807) is 22.3 Å². The van der Waals surface area contributed by atoms with Crippen molar-refractivity contribution >= 4 is 23.3 Å². The first kappa shape index (κ1) is 21.5. The van der Waals surface area contributed by atoms with E-state index in [2.05, 4.69) is 0 Å². The Balaban J connectivity index is 1.86. The number of aliphatic carboxylic acids is 1. The molecule has 3 aromatic carbocycles. The second-order valence-corrected chi connectivity index (χ2v) is 8.01. The lowest BCUT2D eigenvalue weighted by Gasteiger charge is -2.27. The fraction of sp³-hybridized carbons (Fsp3) is 0.154. The predicted molar refractivity (Wildman–Crippen MR) is 117 cm³/mol. The molecule has 0 aromatic heterocycles. The van der Waals surface area contributed by atoms with Gasteiger partial charge in [-0.3, -0.25) is 15.0 Å². The summed E-state index contributed by atoms with van der Waals surface area (Å²) in [6.07, 6.45) is -0.409. The molecule has 0 radical (unpaired) electrons. The van der Waals surface area contributed by atoms with Crippen LogP contribution in [0.2, 0.25) is 0 Å². The molecular weight excluding hydrogens is 407 g/mol. The van der Waals surface area contributed by atoms with E-state index in [9.17, 15) is 19.1 Å². The predicted octanol–water partition coefficient (Wildman–Crippen LogP) is 2.82. The van der Waals surface area contributed by atoms with Gasteiger partial charge in [0.15, 0.2) is 0 Å². The summed E-state index contributed by atoms with van der Waals surface area (Å²) in [6.45, 7) is 3.92. The molecule has 6 heteroatoms. The van der Waals surface area contributed by atoms with Crippen LogP contribution in [0.15, 0.2) is 84.1 Å². The van der Waals surface area contributed by atoms with Crippen LogP contribution in [0.25, 0.3) is 0 Å². The third kappa shape index (κ3) is 4.31. The number of hydrogen-bond donors (Lipinski definition) is 1. The molecule has 0 saturated carbocycles. The van der Waals surface area contributed by atoms with Crippen LogP contribution >= 0.6 is 0 Å². The first-order valence-electron chi connectivity index (χ1n) is 10.3. The topological polar surface area (TPSA) is 77.0 Å². The van der Waals surface area contributed by atoms with Crippen molar-refractivity contribution in [3.63, 3.8) is 0 Å². The van der Waals surface area contributed by atoms with Crippen LogP contribution < -0.4 is 15.3 Å². The number of hydrogen-bond acceptors (Lipinski definition) is 3. The molecule has 1 atom stereocenters. The molecule has 0 saturated heterocycles. The van der Waals surface area contributed by atoms with Gasteiger partial charge in [-0.05, 0) is 55.8 Å². The van der Waals surface area contributed by atoms with Crippen molar-refractivity contribution in [3.05, 3.63) is 107 Å². The Hall–Kier alpha value is -3.77. The lowest BCUT2D eigenvalue weighted by molar-refractivity contribution is -0.511. The van der Waals surface area contributed by atoms with E-state index >= 15 is 0 Å². The van der Waals surface area contributed by atoms with Crippen LogP contribution in [0.4, 0.5) is 15.8 Å². The largest absolute Gasteiger partial charge is 0.550 e. The molecule has 3 aromatic rings. The fourth-order valence-corrected chi connectivity index (χ4v) is 3.99. The standard InChI is InChI=1S/C26H23FN2O3/c1-16-3-11-20(12-4-16)28-24-22(15-23(30)31)25(18-7-9-19(27)10-8-18)29(26(24)32)21-13-5-17(2)6-14-21/h3-14,25,28H,15H2,1-2H3,(H,30,31). The van der Waals surface area contributed by atoms with Crippen molar-refractivity contribution in [2.75, 3.05) is 4.90 Å². The Morgan fingerprint density at radius 3 is 2.06 bits per heavy atom. The number of aryl methyl sites for hydroxylation is 2. The SMILES string of the molecule is Cc1ccc([NH2+]C2=C(CC(=O)[O-])C(c3ccc(F)cc3)N(c3ccc(C)cc3)C2=O)cc1. The third-order valence-electron chi connectivity index (χ3n) is 5.60. The maximum atomic E-state index is 13.7. The van der Waals surface area contributed by atoms with Crippen molar-refractivity contribution in [2.24, 2.45) is 0 Å². The van der Waals surface area contributed by atoms with Gasteiger partial charge in [0.2, 0.25) is 5.70 Å². The highest BCUT2D eigenvalue weighted by Crippen LogP contribution is 2.41. The van der Waals surface area contributed by atoms with E-state index in [1.807, 2.05) is 62.4 Å². The van der Waals surface area contributed by atoms with Gasteiger partial charge in [0, 0.05) is 23.7 Å². The molecule has 0 fully saturated rings. The number of quaternary nitrogens is 1. The van der Waals surface area contributed by atoms with Crippen LogP contribution in [-0.2, 0) is 9.59 Å². The van der Waals surface area contributed by atoms with Gasteiger partial charge in [0.1, 0.15) is 11.5 Å². The summed E-state index contributed by atoms with van der Waals surface area (Å²) in [5.41, 5.74) is 4.90. The van der Waals surface area contributed by atoms with E-state index in [-0.39, 0.29) is 5.91 Å². The quantitative estimate of drug-likeness (QED) is 0.611. The summed E-state index contributed by atoms with van der Waals surface area (Å²) in [6, 6.07) is 20.2. The number of nitrogens with two attached hydrogens (primary N) is 1. The molecule has 32 heavy (non-hydrogen) atoms. The van der Waals surface area contributed by atoms with Crippen molar-refractivity contribution in [1.29, 1.82) is 0 Å². The van der Waals surface area contributed by atoms with Crippen molar-refractivity contribution in [1.82, 2.24) is 0 Å². The molecule has 1 heterocycles. The Labute approximate surface area is 185 Å². The molecular formula is C26H23FN2O3. The lowest BCUT2D eigenvalue weighted by atomic mass is 9.96. The van der Waals surface area contributed by atoms with Crippen molar-refractivity contribution in [2.45, 2.75) is 26.3 Å². The van der Waals surface area contributed by atoms with Crippen LogP contribution in [-0.4, -0.2) is 11.9 Å². The highest BCUT2D eigenvalue weighted by atomic mass is 19.1. The number of carbonyl (C=O) groups is 2. The molecule has 0 aliphatic carbocycles. The van der Waals surface area contributed by atoms with Gasteiger partial charge in [-0.2, -0.15) is 0 Å². The highest BCUT2D eigenvalue weighted by Gasteiger charge is 2.43. The molecule has 0 bridgehead atoms. The fourth-order valence-electron chi connectivity index (χ4n) is 3.99. The highest BCUT2D eigenvalue weighted by molar-refractivity contribution is 6.09. The summed E-state index contributed by atoms with van der Waals surface area (Å²) in [5, 5.41) is 13.4. The molecule has 1 aliphatic heterocycles. The summed E-state index contributed by atoms with van der Waals surface area (Å²) in [4.78, 5) is 26.9. The molecule has 5 nitrogen and oxygen atoms in total. The smallest absolute Gasteiger partial charge is 0.313 e. The normalized spacial score (nSPS) is 16.0. The Kier molecular flexibility index (Phi) is 5.88. The zero-order valence-electron chi connectivity index (χ0n) is 17.8. The second-order valence-electron chi connectivity index (χ2n) is 8.01. The molecule has 4 rings (SSSR count). The zero-order valence-corrected chi connectivity index (χ0v) is 17.8. The first-order valence-corrected chi connectivity index (χ1v) is 10.3. The first-order chi connectivity index (χ1) is 15.3. The minimum absolute atomic E-state index is 0.306. The number of benzene rings is 3. The number of carboxylic acid groups (broad SMARTS) is 1. The zero-order chi connectivity index (χ0) is 22.8. The van der Waals surface area contributed by atoms with E-state index in [0.29, 0.717) is 22.5 Å². The van der Waals surface area contributed by atoms with Crippen LogP contribution in [0, 0.1) is 19.7 Å². The number of carbonyl (C=O) groups excluding carboxylic acids is 2. The van der Waals surface area contributed by atoms with Gasteiger partial charge in [-0.1, -0.05) is 47.5 Å². The third-order valence-corrected chi connectivity index (χ3v) is 5.60. The maximum Gasteiger partial charge on any atom is 0.313 e. The minimum atomic E-state index is -1.28. The maximum absolute atomic E-state index is 13.7. The van der Waals surface area contributed by atoms with Gasteiger partial charge < -0.3 is 9.90 Å². The van der Waals surface area contributed by atoms with Crippen LogP contribution in [0.3, 0.4) is 0 Å². The van der Waals surface area contributed by atoms with Gasteiger partial charge in [-0.25, -0.2) is 4.39 Å². The number of rotatable bonds is 6. The van der Waals surface area contributed by atoms with Crippen LogP contribution in [0.5, 0.6) is 0 Å². The molecule has 2 N–H and O–H groups in total. The summed E-state index contributed by atoms with van der Waals surface area (Å²) >= 11 is 0. The molecule has 162 valence electrons. The summed E-state index contributed by atoms with van der Waals surface area (Å²) in [7, 11) is 0. The molecule has 1 unspecified atom stereocenters. The van der Waals surface area contributed by atoms with Gasteiger partial charge in [0.25, 0.3) is 0 Å². The van der Waals surface area contributed by atoms with Gasteiger partial charge in [-0.15, -0.1) is 0 Å². The Bertz CT molecular complexity index is 1180. The minimum Gasteiger partial charge on any atom is -0.550 e. The van der Waals surface area contributed by atoms with Gasteiger partial charge in [0.05, 0.1) is 6.04 Å². The number of amides is 1. The average molecular weight is 430 g/mol. The number of nitrogens with zero attached hydrogens (tertiary/aromatic N) is 1. The van der Waals surface area contributed by atoms with E-state index in [4.69, 9.17) is 0 Å². The monoisotopic (exact) mass is 430 g/mol. The molecule has 1 aliphatic rings.